The first-order chi connectivity index (χ1) is 9.99. The highest BCUT2D eigenvalue weighted by atomic mass is 16.6. The Kier molecular flexibility index (Phi) is 4.57. The maximum Gasteiger partial charge on any atom is 0.308 e. The van der Waals surface area contributed by atoms with Gasteiger partial charge in [0.05, 0.1) is 6.54 Å². The van der Waals surface area contributed by atoms with Gasteiger partial charge in [-0.1, -0.05) is 0 Å². The summed E-state index contributed by atoms with van der Waals surface area (Å²) in [5.41, 5.74) is 0.399. The van der Waals surface area contributed by atoms with Crippen LogP contribution in [0.2, 0.25) is 0 Å². The number of likely N-dealkylation sites (tertiary alicyclic amines) is 1. The molecule has 1 saturated heterocycles. The smallest absolute Gasteiger partial charge is 0.308 e. The number of benzene rings is 1. The Morgan fingerprint density at radius 2 is 2.05 bits per heavy atom. The predicted octanol–water partition coefficient (Wildman–Crippen LogP) is 1.42. The van der Waals surface area contributed by atoms with Crippen molar-refractivity contribution in [2.45, 2.75) is 26.4 Å². The largest absolute Gasteiger partial charge is 0.485 e. The maximum atomic E-state index is 11.3. The molecule has 1 atom stereocenters. The monoisotopic (exact) mass is 291 g/mol. The van der Waals surface area contributed by atoms with Crippen LogP contribution in [0.15, 0.2) is 18.2 Å². The van der Waals surface area contributed by atoms with E-state index in [9.17, 15) is 14.4 Å². The van der Waals surface area contributed by atoms with Crippen LogP contribution in [0, 0.1) is 0 Å². The normalized spacial score (nSPS) is 17.4. The van der Waals surface area contributed by atoms with E-state index in [2.05, 4.69) is 0 Å². The van der Waals surface area contributed by atoms with E-state index in [0.717, 1.165) is 0 Å². The van der Waals surface area contributed by atoms with Crippen molar-refractivity contribution < 1.29 is 23.9 Å². The summed E-state index contributed by atoms with van der Waals surface area (Å²) in [6.45, 7) is 3.95. The Labute approximate surface area is 122 Å². The van der Waals surface area contributed by atoms with E-state index >= 15 is 0 Å². The van der Waals surface area contributed by atoms with Crippen LogP contribution < -0.4 is 9.47 Å². The zero-order valence-electron chi connectivity index (χ0n) is 12.0. The third kappa shape index (κ3) is 3.81. The molecule has 6 heteroatoms. The molecule has 1 heterocycles. The van der Waals surface area contributed by atoms with Gasteiger partial charge in [-0.15, -0.1) is 0 Å². The fraction of sp³-hybridized carbons (Fsp3) is 0.400. The summed E-state index contributed by atoms with van der Waals surface area (Å²) in [5, 5.41) is 0. The number of amides is 1. The molecule has 0 aromatic heterocycles. The van der Waals surface area contributed by atoms with Gasteiger partial charge in [0, 0.05) is 32.4 Å². The van der Waals surface area contributed by atoms with Crippen LogP contribution in [0.3, 0.4) is 0 Å². The van der Waals surface area contributed by atoms with E-state index in [-0.39, 0.29) is 17.8 Å². The van der Waals surface area contributed by atoms with Gasteiger partial charge in [-0.25, -0.2) is 0 Å². The summed E-state index contributed by atoms with van der Waals surface area (Å²) < 4.78 is 10.9. The second kappa shape index (κ2) is 6.39. The number of esters is 1. The van der Waals surface area contributed by atoms with Gasteiger partial charge in [0.1, 0.15) is 12.4 Å². The second-order valence-corrected chi connectivity index (χ2v) is 4.91. The van der Waals surface area contributed by atoms with Gasteiger partial charge in [0.25, 0.3) is 0 Å². The summed E-state index contributed by atoms with van der Waals surface area (Å²) in [4.78, 5) is 34.9. The average Bonchev–Trinajstić information content (AvgIpc) is 2.89. The van der Waals surface area contributed by atoms with E-state index < -0.39 is 5.97 Å². The van der Waals surface area contributed by atoms with Gasteiger partial charge in [-0.05, 0) is 18.2 Å². The third-order valence-corrected chi connectivity index (χ3v) is 3.24. The van der Waals surface area contributed by atoms with Gasteiger partial charge >= 0.3 is 5.97 Å². The van der Waals surface area contributed by atoms with Crippen molar-refractivity contribution in [2.75, 3.05) is 13.1 Å². The summed E-state index contributed by atoms with van der Waals surface area (Å²) >= 11 is 0. The summed E-state index contributed by atoms with van der Waals surface area (Å²) in [5.74, 6) is 0.136. The van der Waals surface area contributed by atoms with Crippen molar-refractivity contribution in [3.63, 3.8) is 0 Å². The van der Waals surface area contributed by atoms with Crippen molar-refractivity contribution in [2.24, 2.45) is 0 Å². The minimum absolute atomic E-state index is 0.0117. The molecule has 0 aliphatic carbocycles. The molecule has 1 fully saturated rings. The number of nitrogens with zero attached hydrogens (tertiary/aromatic N) is 1. The first-order valence-corrected chi connectivity index (χ1v) is 6.69. The highest BCUT2D eigenvalue weighted by Gasteiger charge is 2.26. The van der Waals surface area contributed by atoms with Crippen molar-refractivity contribution in [3.8, 4) is 11.5 Å². The molecule has 0 radical (unpaired) electrons. The van der Waals surface area contributed by atoms with Crippen LogP contribution in [-0.2, 0) is 9.59 Å². The van der Waals surface area contributed by atoms with Gasteiger partial charge in [-0.3, -0.25) is 14.4 Å². The molecule has 0 spiro atoms. The SMILES string of the molecule is CC(=O)Oc1cc(C=O)ccc1O[C@H]1CCN(C(C)=O)C1. The Bertz CT molecular complexity index is 569. The molecule has 0 unspecified atom stereocenters. The summed E-state index contributed by atoms with van der Waals surface area (Å²) in [6.07, 6.45) is 1.24. The van der Waals surface area contributed by atoms with E-state index in [4.69, 9.17) is 9.47 Å². The van der Waals surface area contributed by atoms with Crippen LogP contribution in [0.4, 0.5) is 0 Å². The number of aldehydes is 1. The molecule has 0 bridgehead atoms. The van der Waals surface area contributed by atoms with Crippen molar-refractivity contribution in [1.29, 1.82) is 0 Å². The highest BCUT2D eigenvalue weighted by molar-refractivity contribution is 5.78. The molecule has 1 aliphatic heterocycles. The molecular formula is C15H17NO5. The molecule has 1 aromatic carbocycles. The standard InChI is InChI=1S/C15H17NO5/c1-10(18)16-6-5-13(8-16)21-14-4-3-12(9-17)7-15(14)20-11(2)19/h3-4,7,9,13H,5-6,8H2,1-2H3/t13-/m0/s1. The average molecular weight is 291 g/mol. The van der Waals surface area contributed by atoms with Gasteiger partial charge in [-0.2, -0.15) is 0 Å². The Morgan fingerprint density at radius 1 is 1.29 bits per heavy atom. The van der Waals surface area contributed by atoms with Gasteiger partial charge < -0.3 is 14.4 Å². The molecule has 0 N–H and O–H groups in total. The van der Waals surface area contributed by atoms with Crippen LogP contribution in [0.5, 0.6) is 11.5 Å². The molecule has 0 saturated carbocycles. The first kappa shape index (κ1) is 15.0. The first-order valence-electron chi connectivity index (χ1n) is 6.69. The number of carbonyl (C=O) groups is 3. The third-order valence-electron chi connectivity index (χ3n) is 3.24. The molecule has 112 valence electrons. The van der Waals surface area contributed by atoms with Crippen LogP contribution in [-0.4, -0.2) is 42.3 Å². The van der Waals surface area contributed by atoms with E-state index in [1.165, 1.54) is 19.9 Å². The molecule has 1 amide bonds. The molecule has 6 nitrogen and oxygen atoms in total. The predicted molar refractivity (Wildman–Crippen MR) is 74.4 cm³/mol. The van der Waals surface area contributed by atoms with E-state index in [1.54, 1.807) is 17.0 Å². The second-order valence-electron chi connectivity index (χ2n) is 4.91. The molecule has 1 aliphatic rings. The van der Waals surface area contributed by atoms with E-state index in [1.807, 2.05) is 0 Å². The Balaban J connectivity index is 2.13. The van der Waals surface area contributed by atoms with Gasteiger partial charge in [0.2, 0.25) is 5.91 Å². The minimum atomic E-state index is -0.486. The lowest BCUT2D eigenvalue weighted by molar-refractivity contribution is -0.132. The lowest BCUT2D eigenvalue weighted by atomic mass is 10.2. The van der Waals surface area contributed by atoms with Crippen LogP contribution in [0.1, 0.15) is 30.6 Å². The number of hydrogen-bond donors (Lipinski definition) is 0. The number of hydrogen-bond acceptors (Lipinski definition) is 5. The van der Waals surface area contributed by atoms with Crippen molar-refractivity contribution in [1.82, 2.24) is 4.90 Å². The quantitative estimate of drug-likeness (QED) is 0.476. The van der Waals surface area contributed by atoms with E-state index in [0.29, 0.717) is 37.1 Å². The summed E-state index contributed by atoms with van der Waals surface area (Å²) in [6, 6.07) is 4.65. The molecule has 21 heavy (non-hydrogen) atoms. The number of carbonyl (C=O) groups excluding carboxylic acids is 3. The van der Waals surface area contributed by atoms with Crippen molar-refractivity contribution >= 4 is 18.2 Å². The highest BCUT2D eigenvalue weighted by Crippen LogP contribution is 2.30. The van der Waals surface area contributed by atoms with Crippen LogP contribution >= 0.6 is 0 Å². The fourth-order valence-electron chi connectivity index (χ4n) is 2.22. The Morgan fingerprint density at radius 3 is 2.62 bits per heavy atom. The lowest BCUT2D eigenvalue weighted by Crippen LogP contribution is -2.28. The topological polar surface area (TPSA) is 72.9 Å². The molecule has 1 aromatic rings. The maximum absolute atomic E-state index is 11.3. The Hall–Kier alpha value is -2.37. The minimum Gasteiger partial charge on any atom is -0.485 e. The molecular weight excluding hydrogens is 274 g/mol. The van der Waals surface area contributed by atoms with Crippen LogP contribution in [0.25, 0.3) is 0 Å². The molecule has 2 rings (SSSR count). The number of ether oxygens (including phenoxy) is 2. The fourth-order valence-corrected chi connectivity index (χ4v) is 2.22. The zero-order valence-corrected chi connectivity index (χ0v) is 12.0. The van der Waals surface area contributed by atoms with Gasteiger partial charge in [0.15, 0.2) is 11.5 Å². The zero-order chi connectivity index (χ0) is 15.4. The van der Waals surface area contributed by atoms with Crippen molar-refractivity contribution in [3.05, 3.63) is 23.8 Å². The number of rotatable bonds is 4. The summed E-state index contributed by atoms with van der Waals surface area (Å²) in [7, 11) is 0. The lowest BCUT2D eigenvalue weighted by Gasteiger charge is -2.17.